The molecule has 8 aromatic carbocycles. The molecule has 0 aliphatic heterocycles. The highest BCUT2D eigenvalue weighted by Crippen LogP contribution is 2.41. The molecule has 0 saturated heterocycles. The maximum atomic E-state index is 6.28. The summed E-state index contributed by atoms with van der Waals surface area (Å²) in [7, 11) is 0. The summed E-state index contributed by atoms with van der Waals surface area (Å²) in [5, 5.41) is 7.23. The minimum absolute atomic E-state index is 0.920. The van der Waals surface area contributed by atoms with Crippen LogP contribution in [0.5, 0.6) is 0 Å². The molecular formula is C44H29NO. The van der Waals surface area contributed by atoms with Crippen molar-refractivity contribution in [3.8, 4) is 22.3 Å². The minimum atomic E-state index is 0.920. The van der Waals surface area contributed by atoms with Gasteiger partial charge >= 0.3 is 0 Å². The van der Waals surface area contributed by atoms with E-state index in [0.717, 1.165) is 33.6 Å². The van der Waals surface area contributed by atoms with Gasteiger partial charge in [0.1, 0.15) is 11.2 Å². The van der Waals surface area contributed by atoms with Gasteiger partial charge in [0.25, 0.3) is 0 Å². The van der Waals surface area contributed by atoms with Crippen LogP contribution in [0, 0.1) is 0 Å². The molecule has 0 atom stereocenters. The highest BCUT2D eigenvalue weighted by atomic mass is 16.3. The zero-order valence-electron chi connectivity index (χ0n) is 25.1. The van der Waals surface area contributed by atoms with Crippen LogP contribution in [0.15, 0.2) is 180 Å². The van der Waals surface area contributed by atoms with Crippen molar-refractivity contribution >= 4 is 60.5 Å². The van der Waals surface area contributed by atoms with Gasteiger partial charge in [0.2, 0.25) is 0 Å². The molecule has 0 spiro atoms. The SMILES string of the molecule is c1ccc(-c2cccc(N(c3ccccc3)c3cccc(-c4ccc5ccc6ccc7oc8ccccc8c7c6c5c4)c3)c2)cc1. The van der Waals surface area contributed by atoms with Gasteiger partial charge in [-0.3, -0.25) is 0 Å². The van der Waals surface area contributed by atoms with Gasteiger partial charge in [-0.15, -0.1) is 0 Å². The second-order valence-corrected chi connectivity index (χ2v) is 11.8. The van der Waals surface area contributed by atoms with E-state index >= 15 is 0 Å². The Labute approximate surface area is 267 Å². The van der Waals surface area contributed by atoms with Crippen molar-refractivity contribution in [3.05, 3.63) is 176 Å². The molecule has 1 heterocycles. The average molecular weight is 588 g/mol. The summed E-state index contributed by atoms with van der Waals surface area (Å²) in [5.41, 5.74) is 9.91. The molecule has 2 heteroatoms. The summed E-state index contributed by atoms with van der Waals surface area (Å²) in [5.74, 6) is 0. The van der Waals surface area contributed by atoms with Crippen molar-refractivity contribution in [2.45, 2.75) is 0 Å². The van der Waals surface area contributed by atoms with Crippen molar-refractivity contribution in [1.82, 2.24) is 0 Å². The molecule has 0 radical (unpaired) electrons. The van der Waals surface area contributed by atoms with Gasteiger partial charge in [-0.2, -0.15) is 0 Å². The van der Waals surface area contributed by atoms with Gasteiger partial charge < -0.3 is 9.32 Å². The highest BCUT2D eigenvalue weighted by Gasteiger charge is 2.16. The van der Waals surface area contributed by atoms with Crippen LogP contribution < -0.4 is 4.90 Å². The lowest BCUT2D eigenvalue weighted by atomic mass is 9.94. The molecule has 9 aromatic rings. The van der Waals surface area contributed by atoms with Crippen LogP contribution >= 0.6 is 0 Å². The standard InChI is InChI=1S/C44H29NO/c1-3-11-30(12-4-1)33-13-9-17-37(27-33)45(36-15-5-2-6-16-36)38-18-10-14-34(28-38)35-24-22-31-21-23-32-25-26-42-44(43(32)40(31)29-35)39-19-7-8-20-41(39)46-42/h1-29H. The van der Waals surface area contributed by atoms with E-state index in [-0.39, 0.29) is 0 Å². The van der Waals surface area contributed by atoms with Crippen LogP contribution in [0.25, 0.3) is 65.7 Å². The van der Waals surface area contributed by atoms with Crippen LogP contribution in [0.3, 0.4) is 0 Å². The van der Waals surface area contributed by atoms with E-state index in [4.69, 9.17) is 4.42 Å². The number of furan rings is 1. The van der Waals surface area contributed by atoms with Crippen LogP contribution in [-0.2, 0) is 0 Å². The predicted molar refractivity (Wildman–Crippen MR) is 194 cm³/mol. The monoisotopic (exact) mass is 587 g/mol. The highest BCUT2D eigenvalue weighted by molar-refractivity contribution is 6.26. The van der Waals surface area contributed by atoms with Gasteiger partial charge in [0, 0.05) is 33.2 Å². The third-order valence-electron chi connectivity index (χ3n) is 9.00. The summed E-state index contributed by atoms with van der Waals surface area (Å²) >= 11 is 0. The molecular weight excluding hydrogens is 558 g/mol. The molecule has 0 fully saturated rings. The molecule has 0 N–H and O–H groups in total. The Morgan fingerprint density at radius 1 is 0.326 bits per heavy atom. The fraction of sp³-hybridized carbons (Fsp3) is 0. The number of rotatable bonds is 5. The first-order chi connectivity index (χ1) is 22.8. The largest absolute Gasteiger partial charge is 0.456 e. The molecule has 0 amide bonds. The molecule has 1 aromatic heterocycles. The minimum Gasteiger partial charge on any atom is -0.456 e. The van der Waals surface area contributed by atoms with Gasteiger partial charge in [-0.05, 0) is 93.0 Å². The van der Waals surface area contributed by atoms with Crippen molar-refractivity contribution in [3.63, 3.8) is 0 Å². The molecule has 0 saturated carbocycles. The molecule has 9 rings (SSSR count). The first-order valence-corrected chi connectivity index (χ1v) is 15.7. The number of fused-ring (bicyclic) bond motifs is 7. The molecule has 0 aliphatic carbocycles. The zero-order valence-corrected chi connectivity index (χ0v) is 25.1. The molecule has 0 unspecified atom stereocenters. The molecule has 0 aliphatic rings. The lowest BCUT2D eigenvalue weighted by Gasteiger charge is -2.26. The van der Waals surface area contributed by atoms with Gasteiger partial charge in [-0.1, -0.05) is 121 Å². The van der Waals surface area contributed by atoms with E-state index in [1.165, 1.54) is 49.2 Å². The smallest absolute Gasteiger partial charge is 0.136 e. The molecule has 0 bridgehead atoms. The molecule has 216 valence electrons. The van der Waals surface area contributed by atoms with Crippen molar-refractivity contribution in [2.24, 2.45) is 0 Å². The summed E-state index contributed by atoms with van der Waals surface area (Å²) < 4.78 is 6.28. The number of hydrogen-bond acceptors (Lipinski definition) is 2. The lowest BCUT2D eigenvalue weighted by molar-refractivity contribution is 0.669. The van der Waals surface area contributed by atoms with Crippen LogP contribution in [0.1, 0.15) is 0 Å². The van der Waals surface area contributed by atoms with E-state index in [0.29, 0.717) is 0 Å². The topological polar surface area (TPSA) is 16.4 Å². The third kappa shape index (κ3) is 4.43. The fourth-order valence-corrected chi connectivity index (χ4v) is 6.84. The van der Waals surface area contributed by atoms with Crippen LogP contribution in [0.4, 0.5) is 17.1 Å². The molecule has 2 nitrogen and oxygen atoms in total. The van der Waals surface area contributed by atoms with E-state index in [9.17, 15) is 0 Å². The van der Waals surface area contributed by atoms with E-state index < -0.39 is 0 Å². The predicted octanol–water partition coefficient (Wildman–Crippen LogP) is 12.7. The Kier molecular flexibility index (Phi) is 6.17. The first kappa shape index (κ1) is 26.3. The average Bonchev–Trinajstić information content (AvgIpc) is 3.51. The first-order valence-electron chi connectivity index (χ1n) is 15.7. The van der Waals surface area contributed by atoms with Gasteiger partial charge in [-0.25, -0.2) is 0 Å². The van der Waals surface area contributed by atoms with Gasteiger partial charge in [0.15, 0.2) is 0 Å². The fourth-order valence-electron chi connectivity index (χ4n) is 6.84. The Morgan fingerprint density at radius 3 is 1.67 bits per heavy atom. The number of para-hydroxylation sites is 2. The third-order valence-corrected chi connectivity index (χ3v) is 9.00. The lowest BCUT2D eigenvalue weighted by Crippen LogP contribution is -2.10. The summed E-state index contributed by atoms with van der Waals surface area (Å²) in [4.78, 5) is 2.34. The summed E-state index contributed by atoms with van der Waals surface area (Å²) in [6.45, 7) is 0. The zero-order chi connectivity index (χ0) is 30.5. The number of nitrogens with zero attached hydrogens (tertiary/aromatic N) is 1. The van der Waals surface area contributed by atoms with E-state index in [1.807, 2.05) is 6.07 Å². The maximum absolute atomic E-state index is 6.28. The second kappa shape index (κ2) is 10.8. The van der Waals surface area contributed by atoms with E-state index in [2.05, 4.69) is 175 Å². The number of anilines is 3. The normalized spacial score (nSPS) is 11.5. The van der Waals surface area contributed by atoms with Crippen LogP contribution in [0.2, 0.25) is 0 Å². The quantitative estimate of drug-likeness (QED) is 0.186. The van der Waals surface area contributed by atoms with Crippen molar-refractivity contribution in [2.75, 3.05) is 4.90 Å². The summed E-state index contributed by atoms with van der Waals surface area (Å²) in [6, 6.07) is 62.7. The number of hydrogen-bond donors (Lipinski definition) is 0. The maximum Gasteiger partial charge on any atom is 0.136 e. The Bertz CT molecular complexity index is 2530. The molecule has 46 heavy (non-hydrogen) atoms. The van der Waals surface area contributed by atoms with Crippen molar-refractivity contribution < 1.29 is 4.42 Å². The number of benzene rings is 8. The Morgan fingerprint density at radius 2 is 0.891 bits per heavy atom. The van der Waals surface area contributed by atoms with E-state index in [1.54, 1.807) is 0 Å². The van der Waals surface area contributed by atoms with Crippen LogP contribution in [-0.4, -0.2) is 0 Å². The Hall–Kier alpha value is -6.12. The Balaban J connectivity index is 1.21. The second-order valence-electron chi connectivity index (χ2n) is 11.8. The van der Waals surface area contributed by atoms with Gasteiger partial charge in [0.05, 0.1) is 0 Å². The summed E-state index contributed by atoms with van der Waals surface area (Å²) in [6.07, 6.45) is 0. The van der Waals surface area contributed by atoms with Crippen molar-refractivity contribution in [1.29, 1.82) is 0 Å².